The van der Waals surface area contributed by atoms with Crippen molar-refractivity contribution >= 4 is 16.8 Å². The van der Waals surface area contributed by atoms with Crippen molar-refractivity contribution in [1.29, 1.82) is 0 Å². The zero-order chi connectivity index (χ0) is 17.9. The van der Waals surface area contributed by atoms with Crippen molar-refractivity contribution < 1.29 is 4.79 Å². The van der Waals surface area contributed by atoms with Crippen LogP contribution in [0.3, 0.4) is 0 Å². The maximum absolute atomic E-state index is 12.9. The lowest BCUT2D eigenvalue weighted by Crippen LogP contribution is -2.27. The van der Waals surface area contributed by atoms with E-state index in [-0.39, 0.29) is 11.9 Å². The van der Waals surface area contributed by atoms with Crippen LogP contribution < -0.4 is 5.32 Å². The summed E-state index contributed by atoms with van der Waals surface area (Å²) in [6, 6.07) is 12.9. The largest absolute Gasteiger partial charge is 0.342 e. The standard InChI is InChI=1S/C19H16N6O/c1-12(18-21-11-22-25-18)23-19(26)15-10-17(13-6-8-20-9-7-13)24-16-5-3-2-4-14(15)16/h2-12H,1H3,(H,23,26)(H,21,22,25)/t12-/m0/s1. The molecule has 2 N–H and O–H groups in total. The third-order valence-electron chi connectivity index (χ3n) is 4.13. The number of amides is 1. The van der Waals surface area contributed by atoms with Crippen molar-refractivity contribution in [3.05, 3.63) is 72.6 Å². The van der Waals surface area contributed by atoms with Crippen LogP contribution in [0.1, 0.15) is 29.1 Å². The summed E-state index contributed by atoms with van der Waals surface area (Å²) in [5, 5.41) is 10.4. The van der Waals surface area contributed by atoms with Gasteiger partial charge in [-0.1, -0.05) is 18.2 Å². The molecule has 1 amide bonds. The van der Waals surface area contributed by atoms with E-state index in [1.807, 2.05) is 43.3 Å². The molecule has 3 heterocycles. The number of carbonyl (C=O) groups excluding carboxylic acids is 1. The molecule has 0 fully saturated rings. The third-order valence-corrected chi connectivity index (χ3v) is 4.13. The van der Waals surface area contributed by atoms with Crippen LogP contribution in [0, 0.1) is 0 Å². The van der Waals surface area contributed by atoms with Crippen LogP contribution in [0.5, 0.6) is 0 Å². The second kappa shape index (κ2) is 6.72. The Hall–Kier alpha value is -3.61. The lowest BCUT2D eigenvalue weighted by Gasteiger charge is -2.14. The lowest BCUT2D eigenvalue weighted by atomic mass is 10.0. The first-order valence-corrected chi connectivity index (χ1v) is 8.18. The van der Waals surface area contributed by atoms with E-state index in [2.05, 4.69) is 30.5 Å². The molecule has 1 atom stereocenters. The van der Waals surface area contributed by atoms with Crippen molar-refractivity contribution in [3.63, 3.8) is 0 Å². The monoisotopic (exact) mass is 344 g/mol. The molecular weight excluding hydrogens is 328 g/mol. The normalized spacial score (nSPS) is 12.0. The van der Waals surface area contributed by atoms with Crippen LogP contribution >= 0.6 is 0 Å². The molecule has 0 unspecified atom stereocenters. The number of H-pyrrole nitrogens is 1. The Balaban J connectivity index is 1.76. The zero-order valence-electron chi connectivity index (χ0n) is 14.0. The van der Waals surface area contributed by atoms with Crippen LogP contribution in [0.2, 0.25) is 0 Å². The predicted octanol–water partition coefficient (Wildman–Crippen LogP) is 2.91. The van der Waals surface area contributed by atoms with Crippen LogP contribution in [0.4, 0.5) is 0 Å². The molecule has 3 aromatic heterocycles. The molecule has 0 aliphatic carbocycles. The van der Waals surface area contributed by atoms with Gasteiger partial charge in [-0.2, -0.15) is 5.10 Å². The molecule has 7 heteroatoms. The lowest BCUT2D eigenvalue weighted by molar-refractivity contribution is 0.0940. The van der Waals surface area contributed by atoms with Crippen LogP contribution in [-0.2, 0) is 0 Å². The summed E-state index contributed by atoms with van der Waals surface area (Å²) in [5.74, 6) is 0.411. The van der Waals surface area contributed by atoms with E-state index in [0.717, 1.165) is 22.2 Å². The second-order valence-electron chi connectivity index (χ2n) is 5.87. The molecule has 0 aliphatic rings. The number of hydrogen-bond acceptors (Lipinski definition) is 5. The Morgan fingerprint density at radius 1 is 1.15 bits per heavy atom. The summed E-state index contributed by atoms with van der Waals surface area (Å²) in [4.78, 5) is 25.7. The third kappa shape index (κ3) is 3.02. The molecule has 7 nitrogen and oxygen atoms in total. The van der Waals surface area contributed by atoms with E-state index in [0.29, 0.717) is 11.4 Å². The van der Waals surface area contributed by atoms with Gasteiger partial charge < -0.3 is 5.32 Å². The number of fused-ring (bicyclic) bond motifs is 1. The van der Waals surface area contributed by atoms with E-state index in [1.54, 1.807) is 18.5 Å². The average Bonchev–Trinajstić information content (AvgIpc) is 3.23. The molecule has 0 saturated carbocycles. The molecule has 0 aliphatic heterocycles. The summed E-state index contributed by atoms with van der Waals surface area (Å²) in [7, 11) is 0. The average molecular weight is 344 g/mol. The first-order chi connectivity index (χ1) is 12.7. The summed E-state index contributed by atoms with van der Waals surface area (Å²) in [5.41, 5.74) is 2.96. The van der Waals surface area contributed by atoms with Gasteiger partial charge in [-0.05, 0) is 31.2 Å². The van der Waals surface area contributed by atoms with Gasteiger partial charge in [0.25, 0.3) is 5.91 Å². The predicted molar refractivity (Wildman–Crippen MR) is 97.2 cm³/mol. The number of nitrogens with one attached hydrogen (secondary N) is 2. The number of rotatable bonds is 4. The van der Waals surface area contributed by atoms with Gasteiger partial charge in [0.05, 0.1) is 22.8 Å². The number of benzene rings is 1. The first-order valence-electron chi connectivity index (χ1n) is 8.18. The molecule has 1 aromatic carbocycles. The molecular formula is C19H16N6O. The fraction of sp³-hybridized carbons (Fsp3) is 0.105. The zero-order valence-corrected chi connectivity index (χ0v) is 14.0. The minimum atomic E-state index is -0.290. The van der Waals surface area contributed by atoms with Gasteiger partial charge in [-0.15, -0.1) is 0 Å². The highest BCUT2D eigenvalue weighted by Gasteiger charge is 2.17. The Labute approximate surface area is 149 Å². The van der Waals surface area contributed by atoms with Gasteiger partial charge in [-0.3, -0.25) is 14.9 Å². The van der Waals surface area contributed by atoms with Gasteiger partial charge in [0.1, 0.15) is 12.2 Å². The van der Waals surface area contributed by atoms with E-state index in [4.69, 9.17) is 0 Å². The van der Waals surface area contributed by atoms with Crippen molar-refractivity contribution in [2.24, 2.45) is 0 Å². The minimum Gasteiger partial charge on any atom is -0.342 e. The fourth-order valence-corrected chi connectivity index (χ4v) is 2.80. The number of carbonyl (C=O) groups is 1. The maximum Gasteiger partial charge on any atom is 0.252 e. The molecule has 0 saturated heterocycles. The number of para-hydroxylation sites is 1. The Kier molecular flexibility index (Phi) is 4.10. The van der Waals surface area contributed by atoms with Gasteiger partial charge in [0.15, 0.2) is 0 Å². The maximum atomic E-state index is 12.9. The van der Waals surface area contributed by atoms with Crippen molar-refractivity contribution in [2.75, 3.05) is 0 Å². The number of nitrogens with zero attached hydrogens (tertiary/aromatic N) is 4. The van der Waals surface area contributed by atoms with E-state index in [9.17, 15) is 4.79 Å². The van der Waals surface area contributed by atoms with Gasteiger partial charge >= 0.3 is 0 Å². The number of aromatic nitrogens is 5. The van der Waals surface area contributed by atoms with Crippen molar-refractivity contribution in [3.8, 4) is 11.3 Å². The molecule has 0 radical (unpaired) electrons. The van der Waals surface area contributed by atoms with E-state index < -0.39 is 0 Å². The molecule has 0 spiro atoms. The van der Waals surface area contributed by atoms with Gasteiger partial charge in [0.2, 0.25) is 0 Å². The highest BCUT2D eigenvalue weighted by molar-refractivity contribution is 6.07. The van der Waals surface area contributed by atoms with Crippen LogP contribution in [0.15, 0.2) is 61.2 Å². The SMILES string of the molecule is C[C@H](NC(=O)c1cc(-c2ccncc2)nc2ccccc12)c1ncn[nH]1. The number of aromatic amines is 1. The van der Waals surface area contributed by atoms with E-state index >= 15 is 0 Å². The Morgan fingerprint density at radius 3 is 2.73 bits per heavy atom. The summed E-state index contributed by atoms with van der Waals surface area (Å²) in [6.07, 6.45) is 4.83. The highest BCUT2D eigenvalue weighted by Crippen LogP contribution is 2.25. The fourth-order valence-electron chi connectivity index (χ4n) is 2.80. The Bertz CT molecular complexity index is 1050. The van der Waals surface area contributed by atoms with Crippen LogP contribution in [0.25, 0.3) is 22.2 Å². The topological polar surface area (TPSA) is 96.5 Å². The smallest absolute Gasteiger partial charge is 0.252 e. The summed E-state index contributed by atoms with van der Waals surface area (Å²) in [6.45, 7) is 1.85. The Morgan fingerprint density at radius 2 is 1.96 bits per heavy atom. The van der Waals surface area contributed by atoms with Gasteiger partial charge in [0, 0.05) is 23.3 Å². The quantitative estimate of drug-likeness (QED) is 0.593. The van der Waals surface area contributed by atoms with Gasteiger partial charge in [-0.25, -0.2) is 9.97 Å². The summed E-state index contributed by atoms with van der Waals surface area (Å²) < 4.78 is 0. The van der Waals surface area contributed by atoms with Crippen molar-refractivity contribution in [1.82, 2.24) is 30.5 Å². The number of hydrogen-bond donors (Lipinski definition) is 2. The second-order valence-corrected chi connectivity index (χ2v) is 5.87. The number of pyridine rings is 2. The molecule has 4 rings (SSSR count). The molecule has 26 heavy (non-hydrogen) atoms. The van der Waals surface area contributed by atoms with Crippen LogP contribution in [-0.4, -0.2) is 31.1 Å². The summed E-state index contributed by atoms with van der Waals surface area (Å²) >= 11 is 0. The molecule has 0 bridgehead atoms. The minimum absolute atomic E-state index is 0.192. The van der Waals surface area contributed by atoms with Crippen molar-refractivity contribution in [2.45, 2.75) is 13.0 Å². The first kappa shape index (κ1) is 15.9. The van der Waals surface area contributed by atoms with E-state index in [1.165, 1.54) is 6.33 Å². The molecule has 4 aromatic rings. The molecule has 128 valence electrons. The highest BCUT2D eigenvalue weighted by atomic mass is 16.1.